The number of carbonyl (C=O) groups excluding carboxylic acids is 2. The van der Waals surface area contributed by atoms with Crippen molar-refractivity contribution in [2.75, 3.05) is 19.6 Å². The lowest BCUT2D eigenvalue weighted by Gasteiger charge is -2.33. The van der Waals surface area contributed by atoms with Crippen LogP contribution in [-0.4, -0.2) is 53.6 Å². The number of carbonyl (C=O) groups is 3. The van der Waals surface area contributed by atoms with Crippen LogP contribution >= 0.6 is 0 Å². The second kappa shape index (κ2) is 9.06. The van der Waals surface area contributed by atoms with Crippen LogP contribution in [0.2, 0.25) is 0 Å². The van der Waals surface area contributed by atoms with Crippen LogP contribution in [0.4, 0.5) is 4.79 Å². The molecular weight excluding hydrogens is 322 g/mol. The molecule has 2 fully saturated rings. The highest BCUT2D eigenvalue weighted by atomic mass is 16.4. The number of carboxylic acids is 1. The fraction of sp³-hybridized carbons (Fsp3) is 0.833. The maximum atomic E-state index is 12.2. The van der Waals surface area contributed by atoms with Crippen molar-refractivity contribution in [3.05, 3.63) is 0 Å². The van der Waals surface area contributed by atoms with E-state index in [1.807, 2.05) is 13.8 Å². The number of rotatable bonds is 8. The molecule has 0 bridgehead atoms. The number of hydrogen-bond donors (Lipinski definition) is 3. The zero-order valence-electron chi connectivity index (χ0n) is 15.3. The Bertz CT molecular complexity index is 491. The molecule has 0 aromatic rings. The van der Waals surface area contributed by atoms with E-state index in [1.54, 1.807) is 4.90 Å². The Hall–Kier alpha value is -1.79. The number of hydrogen-bond acceptors (Lipinski definition) is 3. The molecule has 7 nitrogen and oxygen atoms in total. The van der Waals surface area contributed by atoms with Gasteiger partial charge in [-0.25, -0.2) is 9.59 Å². The van der Waals surface area contributed by atoms with Gasteiger partial charge in [-0.3, -0.25) is 4.79 Å². The molecule has 1 aliphatic carbocycles. The minimum absolute atomic E-state index is 0.0732. The summed E-state index contributed by atoms with van der Waals surface area (Å²) in [7, 11) is 0. The lowest BCUT2D eigenvalue weighted by atomic mass is 9.94. The highest BCUT2D eigenvalue weighted by Crippen LogP contribution is 2.33. The SMILES string of the molecule is CC(C)CNC(=O)N1CCCC(CC(=O)NC(CC2CC2)C(=O)O)C1. The van der Waals surface area contributed by atoms with E-state index in [9.17, 15) is 19.5 Å². The van der Waals surface area contributed by atoms with Gasteiger partial charge in [0.25, 0.3) is 0 Å². The van der Waals surface area contributed by atoms with E-state index in [0.29, 0.717) is 37.9 Å². The molecule has 1 saturated carbocycles. The van der Waals surface area contributed by atoms with Crippen molar-refractivity contribution in [2.45, 2.75) is 58.4 Å². The van der Waals surface area contributed by atoms with Crippen LogP contribution in [0.15, 0.2) is 0 Å². The van der Waals surface area contributed by atoms with Crippen LogP contribution < -0.4 is 10.6 Å². The van der Waals surface area contributed by atoms with Gasteiger partial charge in [-0.15, -0.1) is 0 Å². The Balaban J connectivity index is 1.77. The molecule has 7 heteroatoms. The number of carboxylic acid groups (broad SMARTS) is 1. The van der Waals surface area contributed by atoms with E-state index in [0.717, 1.165) is 25.7 Å². The summed E-state index contributed by atoms with van der Waals surface area (Å²) in [6.45, 7) is 6.00. The molecule has 1 aliphatic heterocycles. The number of urea groups is 1. The Morgan fingerprint density at radius 2 is 1.88 bits per heavy atom. The monoisotopic (exact) mass is 353 g/mol. The molecule has 2 aliphatic rings. The molecule has 2 atom stereocenters. The molecule has 0 radical (unpaired) electrons. The van der Waals surface area contributed by atoms with Crippen molar-refractivity contribution in [1.29, 1.82) is 0 Å². The van der Waals surface area contributed by atoms with E-state index in [-0.39, 0.29) is 24.3 Å². The van der Waals surface area contributed by atoms with Gasteiger partial charge in [-0.05, 0) is 37.0 Å². The molecule has 0 aromatic carbocycles. The first kappa shape index (κ1) is 19.5. The van der Waals surface area contributed by atoms with E-state index < -0.39 is 12.0 Å². The predicted molar refractivity (Wildman–Crippen MR) is 94.1 cm³/mol. The summed E-state index contributed by atoms with van der Waals surface area (Å²) in [6.07, 6.45) is 4.68. The molecule has 142 valence electrons. The number of piperidine rings is 1. The molecule has 3 N–H and O–H groups in total. The number of aliphatic carboxylic acids is 1. The molecule has 1 saturated heterocycles. The van der Waals surface area contributed by atoms with Crippen LogP contribution in [0.5, 0.6) is 0 Å². The minimum Gasteiger partial charge on any atom is -0.480 e. The summed E-state index contributed by atoms with van der Waals surface area (Å²) in [4.78, 5) is 37.4. The first-order valence-electron chi connectivity index (χ1n) is 9.40. The third-order valence-electron chi connectivity index (χ3n) is 4.84. The molecule has 0 aromatic heterocycles. The Labute approximate surface area is 149 Å². The summed E-state index contributed by atoms with van der Waals surface area (Å²) in [5.74, 6) is -0.249. The van der Waals surface area contributed by atoms with E-state index >= 15 is 0 Å². The van der Waals surface area contributed by atoms with Crippen LogP contribution in [0.3, 0.4) is 0 Å². The minimum atomic E-state index is -0.960. The van der Waals surface area contributed by atoms with Crippen molar-refractivity contribution in [1.82, 2.24) is 15.5 Å². The second-order valence-electron chi connectivity index (χ2n) is 7.88. The van der Waals surface area contributed by atoms with E-state index in [2.05, 4.69) is 10.6 Å². The Kier molecular flexibility index (Phi) is 7.08. The highest BCUT2D eigenvalue weighted by Gasteiger charge is 2.31. The maximum Gasteiger partial charge on any atom is 0.326 e. The molecular formula is C18H31N3O4. The van der Waals surface area contributed by atoms with Crippen molar-refractivity contribution < 1.29 is 19.5 Å². The van der Waals surface area contributed by atoms with Gasteiger partial charge in [0.15, 0.2) is 0 Å². The average Bonchev–Trinajstić information content (AvgIpc) is 3.36. The lowest BCUT2D eigenvalue weighted by molar-refractivity contribution is -0.142. The largest absolute Gasteiger partial charge is 0.480 e. The van der Waals surface area contributed by atoms with Crippen LogP contribution in [0, 0.1) is 17.8 Å². The lowest BCUT2D eigenvalue weighted by Crippen LogP contribution is -2.48. The van der Waals surface area contributed by atoms with Gasteiger partial charge in [0.1, 0.15) is 6.04 Å². The molecule has 1 heterocycles. The van der Waals surface area contributed by atoms with E-state index in [1.165, 1.54) is 0 Å². The zero-order valence-corrected chi connectivity index (χ0v) is 15.3. The molecule has 25 heavy (non-hydrogen) atoms. The van der Waals surface area contributed by atoms with E-state index in [4.69, 9.17) is 0 Å². The summed E-state index contributed by atoms with van der Waals surface area (Å²) in [5.41, 5.74) is 0. The van der Waals surface area contributed by atoms with Gasteiger partial charge in [-0.2, -0.15) is 0 Å². The van der Waals surface area contributed by atoms with Crippen LogP contribution in [-0.2, 0) is 9.59 Å². The maximum absolute atomic E-state index is 12.2. The van der Waals surface area contributed by atoms with Crippen LogP contribution in [0.25, 0.3) is 0 Å². The summed E-state index contributed by atoms with van der Waals surface area (Å²) >= 11 is 0. The predicted octanol–water partition coefficient (Wildman–Crippen LogP) is 1.82. The first-order chi connectivity index (χ1) is 11.8. The van der Waals surface area contributed by atoms with Crippen LogP contribution in [0.1, 0.15) is 52.4 Å². The Morgan fingerprint density at radius 3 is 2.48 bits per heavy atom. The molecule has 2 unspecified atom stereocenters. The normalized spacial score (nSPS) is 21.7. The fourth-order valence-electron chi connectivity index (χ4n) is 3.24. The number of amides is 3. The standard InChI is InChI=1S/C18H31N3O4/c1-12(2)10-19-18(25)21-7-3-4-14(11-21)9-16(22)20-15(17(23)24)8-13-5-6-13/h12-15H,3-11H2,1-2H3,(H,19,25)(H,20,22)(H,23,24). The van der Waals surface area contributed by atoms with Gasteiger partial charge in [0.2, 0.25) is 5.91 Å². The van der Waals surface area contributed by atoms with Crippen molar-refractivity contribution in [3.8, 4) is 0 Å². The van der Waals surface area contributed by atoms with Crippen molar-refractivity contribution >= 4 is 17.9 Å². The topological polar surface area (TPSA) is 98.7 Å². The first-order valence-corrected chi connectivity index (χ1v) is 9.40. The van der Waals surface area contributed by atoms with Crippen molar-refractivity contribution in [2.24, 2.45) is 17.8 Å². The quantitative estimate of drug-likeness (QED) is 0.620. The van der Waals surface area contributed by atoms with Gasteiger partial charge in [0, 0.05) is 26.1 Å². The average molecular weight is 353 g/mol. The Morgan fingerprint density at radius 1 is 1.16 bits per heavy atom. The smallest absolute Gasteiger partial charge is 0.326 e. The third-order valence-corrected chi connectivity index (χ3v) is 4.84. The second-order valence-corrected chi connectivity index (χ2v) is 7.88. The summed E-state index contributed by atoms with van der Waals surface area (Å²) < 4.78 is 0. The van der Waals surface area contributed by atoms with Gasteiger partial charge in [-0.1, -0.05) is 26.7 Å². The molecule has 0 spiro atoms. The zero-order chi connectivity index (χ0) is 18.4. The number of likely N-dealkylation sites (tertiary alicyclic amines) is 1. The highest BCUT2D eigenvalue weighted by molar-refractivity contribution is 5.83. The van der Waals surface area contributed by atoms with Gasteiger partial charge < -0.3 is 20.6 Å². The summed E-state index contributed by atoms with van der Waals surface area (Å²) in [6, 6.07) is -0.856. The molecule has 2 rings (SSSR count). The summed E-state index contributed by atoms with van der Waals surface area (Å²) in [5, 5.41) is 14.8. The number of nitrogens with one attached hydrogen (secondary N) is 2. The third kappa shape index (κ3) is 6.92. The van der Waals surface area contributed by atoms with Crippen molar-refractivity contribution in [3.63, 3.8) is 0 Å². The molecule has 3 amide bonds. The van der Waals surface area contributed by atoms with Gasteiger partial charge in [0.05, 0.1) is 0 Å². The fourth-order valence-corrected chi connectivity index (χ4v) is 3.24. The number of nitrogens with zero attached hydrogens (tertiary/aromatic N) is 1. The van der Waals surface area contributed by atoms with Gasteiger partial charge >= 0.3 is 12.0 Å².